The van der Waals surface area contributed by atoms with Gasteiger partial charge in [-0.1, -0.05) is 11.6 Å². The molecule has 64 valence electrons. The summed E-state index contributed by atoms with van der Waals surface area (Å²) in [7, 11) is 1.70. The molecule has 0 saturated heterocycles. The predicted octanol–water partition coefficient (Wildman–Crippen LogP) is 1.98. The Morgan fingerprint density at radius 3 is 2.75 bits per heavy atom. The molecule has 12 heavy (non-hydrogen) atoms. The molecule has 0 saturated carbocycles. The van der Waals surface area contributed by atoms with Crippen molar-refractivity contribution in [2.24, 2.45) is 0 Å². The van der Waals surface area contributed by atoms with E-state index in [2.05, 4.69) is 10.3 Å². The molecule has 0 aliphatic heterocycles. The van der Waals surface area contributed by atoms with Gasteiger partial charge in [-0.25, -0.2) is 4.98 Å². The number of Topliss-reactive ketones (excluding diaryl/α,β-unsaturated/α-hetero) is 1. The van der Waals surface area contributed by atoms with Gasteiger partial charge in [-0.3, -0.25) is 4.79 Å². The van der Waals surface area contributed by atoms with Crippen LogP contribution in [0.15, 0.2) is 12.3 Å². The number of pyridine rings is 1. The molecule has 1 N–H and O–H groups in total. The normalized spacial score (nSPS) is 9.58. The Morgan fingerprint density at radius 2 is 2.33 bits per heavy atom. The second-order valence-corrected chi connectivity index (χ2v) is 2.69. The molecule has 0 atom stereocenters. The van der Waals surface area contributed by atoms with Crippen LogP contribution in [0.2, 0.25) is 5.15 Å². The molecular formula is C8H9ClN2O. The zero-order valence-electron chi connectivity index (χ0n) is 6.89. The molecule has 0 aliphatic carbocycles. The number of nitrogens with one attached hydrogen (secondary N) is 1. The maximum atomic E-state index is 11.1. The van der Waals surface area contributed by atoms with Gasteiger partial charge in [-0.15, -0.1) is 0 Å². The van der Waals surface area contributed by atoms with Crippen molar-refractivity contribution in [2.75, 3.05) is 12.4 Å². The number of hydrogen-bond donors (Lipinski definition) is 1. The summed E-state index contributed by atoms with van der Waals surface area (Å²) in [5.74, 6) is -0.0244. The topological polar surface area (TPSA) is 42.0 Å². The summed E-state index contributed by atoms with van der Waals surface area (Å²) in [6, 6.07) is 1.64. The molecule has 1 heterocycles. The van der Waals surface area contributed by atoms with Gasteiger partial charge in [0.1, 0.15) is 0 Å². The third-order valence-electron chi connectivity index (χ3n) is 1.53. The summed E-state index contributed by atoms with van der Waals surface area (Å²) in [5.41, 5.74) is 1.16. The summed E-state index contributed by atoms with van der Waals surface area (Å²) >= 11 is 5.75. The van der Waals surface area contributed by atoms with E-state index in [9.17, 15) is 4.79 Å². The lowest BCUT2D eigenvalue weighted by molar-refractivity contribution is 0.101. The number of anilines is 1. The molecule has 0 fully saturated rings. The van der Waals surface area contributed by atoms with Crippen molar-refractivity contribution >= 4 is 23.1 Å². The number of rotatable bonds is 2. The Kier molecular flexibility index (Phi) is 2.65. The monoisotopic (exact) mass is 184 g/mol. The molecule has 1 aromatic rings. The first-order valence-electron chi connectivity index (χ1n) is 3.50. The minimum absolute atomic E-state index is 0.0244. The summed E-state index contributed by atoms with van der Waals surface area (Å²) in [4.78, 5) is 14.9. The molecule has 0 radical (unpaired) electrons. The lowest BCUT2D eigenvalue weighted by atomic mass is 10.1. The average Bonchev–Trinajstić information content (AvgIpc) is 2.03. The van der Waals surface area contributed by atoms with Gasteiger partial charge in [0.25, 0.3) is 0 Å². The largest absolute Gasteiger partial charge is 0.385 e. The Bertz CT molecular complexity index is 312. The van der Waals surface area contributed by atoms with E-state index >= 15 is 0 Å². The maximum absolute atomic E-state index is 11.1. The summed E-state index contributed by atoms with van der Waals surface area (Å²) in [5, 5.41) is 3.15. The van der Waals surface area contributed by atoms with Crippen LogP contribution in [0.5, 0.6) is 0 Å². The second-order valence-electron chi connectivity index (χ2n) is 2.33. The molecule has 0 bridgehead atoms. The Morgan fingerprint density at radius 1 is 1.67 bits per heavy atom. The second kappa shape index (κ2) is 3.54. The average molecular weight is 185 g/mol. The quantitative estimate of drug-likeness (QED) is 0.565. The van der Waals surface area contributed by atoms with Crippen LogP contribution < -0.4 is 5.32 Å². The van der Waals surface area contributed by atoms with E-state index in [1.165, 1.54) is 13.1 Å². The van der Waals surface area contributed by atoms with Gasteiger partial charge in [0.2, 0.25) is 0 Å². The minimum atomic E-state index is -0.0244. The number of aromatic nitrogens is 1. The van der Waals surface area contributed by atoms with Gasteiger partial charge >= 0.3 is 0 Å². The van der Waals surface area contributed by atoms with Crippen LogP contribution in [-0.2, 0) is 0 Å². The maximum Gasteiger partial charge on any atom is 0.162 e. The van der Waals surface area contributed by atoms with Gasteiger partial charge in [0, 0.05) is 18.8 Å². The fourth-order valence-electron chi connectivity index (χ4n) is 0.967. The van der Waals surface area contributed by atoms with Crippen molar-refractivity contribution in [2.45, 2.75) is 6.92 Å². The molecule has 0 amide bonds. The first-order chi connectivity index (χ1) is 5.66. The fraction of sp³-hybridized carbons (Fsp3) is 0.250. The molecule has 1 rings (SSSR count). The highest BCUT2D eigenvalue weighted by Gasteiger charge is 2.09. The number of carbonyl (C=O) groups is 1. The van der Waals surface area contributed by atoms with Crippen LogP contribution in [0.4, 0.5) is 5.69 Å². The van der Waals surface area contributed by atoms with Crippen LogP contribution in [0.1, 0.15) is 17.3 Å². The smallest absolute Gasteiger partial charge is 0.162 e. The van der Waals surface area contributed by atoms with Crippen molar-refractivity contribution < 1.29 is 4.79 Å². The van der Waals surface area contributed by atoms with E-state index < -0.39 is 0 Å². The summed E-state index contributed by atoms with van der Waals surface area (Å²) < 4.78 is 0. The van der Waals surface area contributed by atoms with Crippen molar-refractivity contribution in [3.63, 3.8) is 0 Å². The van der Waals surface area contributed by atoms with Crippen LogP contribution >= 0.6 is 11.6 Å². The van der Waals surface area contributed by atoms with Crippen LogP contribution in [0.25, 0.3) is 0 Å². The molecule has 0 aliphatic rings. The first-order valence-corrected chi connectivity index (χ1v) is 3.87. The van der Waals surface area contributed by atoms with E-state index in [-0.39, 0.29) is 5.78 Å². The highest BCUT2D eigenvalue weighted by molar-refractivity contribution is 6.32. The molecule has 1 aromatic heterocycles. The third-order valence-corrected chi connectivity index (χ3v) is 1.82. The van der Waals surface area contributed by atoms with Crippen molar-refractivity contribution in [3.05, 3.63) is 23.0 Å². The Hall–Kier alpha value is -1.09. The summed E-state index contributed by atoms with van der Waals surface area (Å²) in [6.45, 7) is 1.49. The van der Waals surface area contributed by atoms with Gasteiger partial charge in [0.15, 0.2) is 10.9 Å². The van der Waals surface area contributed by atoms with E-state index in [0.717, 1.165) is 0 Å². The molecular weight excluding hydrogens is 176 g/mol. The Labute approximate surface area is 75.8 Å². The van der Waals surface area contributed by atoms with E-state index in [0.29, 0.717) is 16.4 Å². The molecule has 0 unspecified atom stereocenters. The third kappa shape index (κ3) is 1.56. The number of carbonyl (C=O) groups excluding carboxylic acids is 1. The Balaban J connectivity index is 3.27. The van der Waals surface area contributed by atoms with Gasteiger partial charge in [0.05, 0.1) is 5.69 Å². The van der Waals surface area contributed by atoms with E-state index in [4.69, 9.17) is 11.6 Å². The van der Waals surface area contributed by atoms with Gasteiger partial charge in [-0.05, 0) is 13.0 Å². The van der Waals surface area contributed by atoms with Crippen LogP contribution in [0, 0.1) is 0 Å². The predicted molar refractivity (Wildman–Crippen MR) is 48.8 cm³/mol. The first kappa shape index (κ1) is 9.00. The molecule has 0 spiro atoms. The lowest BCUT2D eigenvalue weighted by Crippen LogP contribution is -2.01. The van der Waals surface area contributed by atoms with Gasteiger partial charge < -0.3 is 5.32 Å². The highest BCUT2D eigenvalue weighted by atomic mass is 35.5. The molecule has 3 nitrogen and oxygen atoms in total. The zero-order chi connectivity index (χ0) is 9.14. The van der Waals surface area contributed by atoms with E-state index in [1.807, 2.05) is 0 Å². The fourth-order valence-corrected chi connectivity index (χ4v) is 1.22. The molecule has 4 heteroatoms. The van der Waals surface area contributed by atoms with Crippen LogP contribution in [0.3, 0.4) is 0 Å². The number of nitrogens with zero attached hydrogens (tertiary/aromatic N) is 1. The zero-order valence-corrected chi connectivity index (χ0v) is 7.64. The standard InChI is InChI=1S/C8H9ClN2O/c1-5(12)6-3-4-11-8(9)7(6)10-2/h3-4,10H,1-2H3. The minimum Gasteiger partial charge on any atom is -0.385 e. The molecule has 0 aromatic carbocycles. The van der Waals surface area contributed by atoms with E-state index in [1.54, 1.807) is 13.1 Å². The number of ketones is 1. The SMILES string of the molecule is CNc1c(C(C)=O)ccnc1Cl. The van der Waals surface area contributed by atoms with Crippen molar-refractivity contribution in [3.8, 4) is 0 Å². The lowest BCUT2D eigenvalue weighted by Gasteiger charge is -2.06. The number of halogens is 1. The van der Waals surface area contributed by atoms with Gasteiger partial charge in [-0.2, -0.15) is 0 Å². The summed E-state index contributed by atoms with van der Waals surface area (Å²) in [6.07, 6.45) is 1.51. The number of hydrogen-bond acceptors (Lipinski definition) is 3. The highest BCUT2D eigenvalue weighted by Crippen LogP contribution is 2.22. The van der Waals surface area contributed by atoms with Crippen molar-refractivity contribution in [1.82, 2.24) is 4.98 Å². The van der Waals surface area contributed by atoms with Crippen molar-refractivity contribution in [1.29, 1.82) is 0 Å². The van der Waals surface area contributed by atoms with Crippen LogP contribution in [-0.4, -0.2) is 17.8 Å².